The summed E-state index contributed by atoms with van der Waals surface area (Å²) in [5.41, 5.74) is -2.73. The molecule has 0 spiro atoms. The summed E-state index contributed by atoms with van der Waals surface area (Å²) in [4.78, 5) is 41.0. The predicted molar refractivity (Wildman–Crippen MR) is 96.8 cm³/mol. The number of alkyl halides is 3. The van der Waals surface area contributed by atoms with Gasteiger partial charge in [0.1, 0.15) is 0 Å². The number of halogens is 3. The third-order valence-electron chi connectivity index (χ3n) is 3.63. The predicted octanol–water partition coefficient (Wildman–Crippen LogP) is 2.28. The van der Waals surface area contributed by atoms with Crippen LogP contribution in [-0.2, 0) is 17.8 Å². The van der Waals surface area contributed by atoms with Gasteiger partial charge in [-0.1, -0.05) is 12.2 Å². The molecule has 0 saturated carbocycles. The van der Waals surface area contributed by atoms with Crippen molar-refractivity contribution in [3.8, 4) is 0 Å². The van der Waals surface area contributed by atoms with Crippen molar-refractivity contribution < 1.29 is 27.5 Å². The SMILES string of the molecule is Cn1c(=O)c(=O)[nH]c2cc(C(F)(F)F)c(N3C=CC=CC=C3)cc21.O=[P+](O)O. The number of benzene rings is 1. The molecular weight excluding hydrogens is 402 g/mol. The Morgan fingerprint density at radius 3 is 2.07 bits per heavy atom. The standard InChI is InChI=1S/C16H12F3N3O2.HO3P/c1-21-13-9-12(22-6-4-2-3-5-7-22)10(16(17,18)19)8-11(13)20-14(23)15(21)24;1-4(2)3/h2-9H,1H3,(H,20,23);(H-,1,2,3)/p+1. The Labute approximate surface area is 156 Å². The molecule has 0 radical (unpaired) electrons. The Morgan fingerprint density at radius 2 is 1.57 bits per heavy atom. The molecule has 0 saturated heterocycles. The molecule has 2 aromatic rings. The molecule has 3 rings (SSSR count). The fourth-order valence-electron chi connectivity index (χ4n) is 2.46. The summed E-state index contributed by atoms with van der Waals surface area (Å²) in [5, 5.41) is 0. The van der Waals surface area contributed by atoms with Gasteiger partial charge in [0, 0.05) is 24.0 Å². The van der Waals surface area contributed by atoms with Gasteiger partial charge in [-0.15, -0.1) is 9.79 Å². The lowest BCUT2D eigenvalue weighted by atomic mass is 10.1. The molecule has 0 atom stereocenters. The van der Waals surface area contributed by atoms with E-state index >= 15 is 0 Å². The van der Waals surface area contributed by atoms with Gasteiger partial charge in [-0.2, -0.15) is 13.2 Å². The van der Waals surface area contributed by atoms with Crippen LogP contribution < -0.4 is 16.0 Å². The fraction of sp³-hybridized carbons (Fsp3) is 0.125. The van der Waals surface area contributed by atoms with E-state index in [2.05, 4.69) is 4.98 Å². The number of aromatic amines is 1. The monoisotopic (exact) mass is 416 g/mol. The molecule has 148 valence electrons. The van der Waals surface area contributed by atoms with Crippen molar-refractivity contribution in [1.29, 1.82) is 0 Å². The summed E-state index contributed by atoms with van der Waals surface area (Å²) in [6.45, 7) is 0. The number of aromatic nitrogens is 2. The molecule has 0 fully saturated rings. The maximum atomic E-state index is 13.5. The van der Waals surface area contributed by atoms with E-state index in [1.54, 1.807) is 24.3 Å². The van der Waals surface area contributed by atoms with Crippen LogP contribution >= 0.6 is 8.25 Å². The normalized spacial score (nSPS) is 13.3. The molecule has 1 aliphatic rings. The second-order valence-electron chi connectivity index (χ2n) is 5.43. The molecule has 3 N–H and O–H groups in total. The zero-order valence-corrected chi connectivity index (χ0v) is 15.1. The van der Waals surface area contributed by atoms with Crippen molar-refractivity contribution in [2.45, 2.75) is 6.18 Å². The summed E-state index contributed by atoms with van der Waals surface area (Å²) in [6.07, 6.45) is 4.86. The van der Waals surface area contributed by atoms with Gasteiger partial charge in [-0.3, -0.25) is 9.59 Å². The highest BCUT2D eigenvalue weighted by molar-refractivity contribution is 7.30. The topological polar surface area (TPSA) is 116 Å². The summed E-state index contributed by atoms with van der Waals surface area (Å²) >= 11 is 0. The molecule has 1 aliphatic heterocycles. The van der Waals surface area contributed by atoms with Gasteiger partial charge in [0.2, 0.25) is 0 Å². The number of anilines is 1. The average Bonchev–Trinajstić information content (AvgIpc) is 2.87. The molecule has 0 unspecified atom stereocenters. The zero-order valence-electron chi connectivity index (χ0n) is 14.2. The van der Waals surface area contributed by atoms with Crippen LogP contribution in [0.15, 0.2) is 58.4 Å². The number of hydrogen-bond acceptors (Lipinski definition) is 4. The number of nitrogens with one attached hydrogen (secondary N) is 1. The molecule has 12 heteroatoms. The van der Waals surface area contributed by atoms with Crippen molar-refractivity contribution in [3.63, 3.8) is 0 Å². The van der Waals surface area contributed by atoms with Crippen LogP contribution in [0.4, 0.5) is 18.9 Å². The number of allylic oxidation sites excluding steroid dienone is 4. The lowest BCUT2D eigenvalue weighted by Crippen LogP contribution is -2.35. The maximum absolute atomic E-state index is 13.5. The minimum Gasteiger partial charge on any atom is -0.323 e. The fourth-order valence-corrected chi connectivity index (χ4v) is 2.46. The van der Waals surface area contributed by atoms with E-state index in [0.29, 0.717) is 0 Å². The highest BCUT2D eigenvalue weighted by atomic mass is 31.1. The number of H-pyrrole nitrogens is 1. The Hall–Kier alpha value is -3.01. The van der Waals surface area contributed by atoms with Crippen molar-refractivity contribution in [3.05, 3.63) is 75.1 Å². The van der Waals surface area contributed by atoms with Crippen molar-refractivity contribution in [2.24, 2.45) is 7.05 Å². The van der Waals surface area contributed by atoms with Crippen LogP contribution in [0.3, 0.4) is 0 Å². The van der Waals surface area contributed by atoms with Gasteiger partial charge in [0.25, 0.3) is 0 Å². The van der Waals surface area contributed by atoms with Gasteiger partial charge < -0.3 is 14.5 Å². The minimum absolute atomic E-state index is 0.0564. The first-order chi connectivity index (χ1) is 13.0. The summed E-state index contributed by atoms with van der Waals surface area (Å²) < 4.78 is 50.1. The minimum atomic E-state index is -4.63. The second kappa shape index (κ2) is 8.34. The summed E-state index contributed by atoms with van der Waals surface area (Å²) in [5.74, 6) is 0. The molecule has 0 bridgehead atoms. The third kappa shape index (κ3) is 4.83. The van der Waals surface area contributed by atoms with E-state index in [1.165, 1.54) is 30.4 Å². The van der Waals surface area contributed by atoms with E-state index < -0.39 is 31.1 Å². The smallest absolute Gasteiger partial charge is 0.323 e. The quantitative estimate of drug-likeness (QED) is 0.485. The van der Waals surface area contributed by atoms with Crippen molar-refractivity contribution in [1.82, 2.24) is 9.55 Å². The number of rotatable bonds is 1. The third-order valence-corrected chi connectivity index (χ3v) is 3.63. The largest absolute Gasteiger partial charge is 0.692 e. The van der Waals surface area contributed by atoms with Crippen LogP contribution in [0.25, 0.3) is 11.0 Å². The number of nitrogens with zero attached hydrogens (tertiary/aromatic N) is 2. The van der Waals surface area contributed by atoms with Gasteiger partial charge in [-0.25, -0.2) is 0 Å². The van der Waals surface area contributed by atoms with Crippen molar-refractivity contribution in [2.75, 3.05) is 4.90 Å². The Bertz CT molecular complexity index is 1100. The van der Waals surface area contributed by atoms with Crippen LogP contribution in [0, 0.1) is 0 Å². The Kier molecular flexibility index (Phi) is 6.34. The highest BCUT2D eigenvalue weighted by Gasteiger charge is 2.35. The van der Waals surface area contributed by atoms with Gasteiger partial charge >= 0.3 is 25.5 Å². The van der Waals surface area contributed by atoms with E-state index in [0.717, 1.165) is 10.6 Å². The van der Waals surface area contributed by atoms with E-state index in [9.17, 15) is 22.8 Å². The second-order valence-corrected chi connectivity index (χ2v) is 5.94. The molecule has 2 heterocycles. The molecular formula is C16H14F3N3O5P+. The summed E-state index contributed by atoms with van der Waals surface area (Å²) in [6, 6.07) is 2.07. The first-order valence-electron chi connectivity index (χ1n) is 7.51. The van der Waals surface area contributed by atoms with Crippen LogP contribution in [0.5, 0.6) is 0 Å². The van der Waals surface area contributed by atoms with E-state index in [4.69, 9.17) is 14.4 Å². The number of hydrogen-bond donors (Lipinski definition) is 3. The molecule has 0 aliphatic carbocycles. The van der Waals surface area contributed by atoms with Crippen LogP contribution in [0.2, 0.25) is 0 Å². The first kappa shape index (κ1) is 21.3. The maximum Gasteiger partial charge on any atom is 0.692 e. The van der Waals surface area contributed by atoms with E-state index in [-0.39, 0.29) is 16.7 Å². The first-order valence-corrected chi connectivity index (χ1v) is 8.68. The summed E-state index contributed by atoms with van der Waals surface area (Å²) in [7, 11) is -1.53. The lowest BCUT2D eigenvalue weighted by Gasteiger charge is -2.22. The van der Waals surface area contributed by atoms with Gasteiger partial charge in [-0.05, 0) is 24.3 Å². The molecule has 1 aromatic heterocycles. The van der Waals surface area contributed by atoms with Crippen LogP contribution in [0.1, 0.15) is 5.56 Å². The van der Waals surface area contributed by atoms with Crippen molar-refractivity contribution >= 4 is 25.0 Å². The molecule has 1 aromatic carbocycles. The highest BCUT2D eigenvalue weighted by Crippen LogP contribution is 2.39. The Morgan fingerprint density at radius 1 is 1.04 bits per heavy atom. The zero-order chi connectivity index (χ0) is 21.1. The molecule has 8 nitrogen and oxygen atoms in total. The average molecular weight is 416 g/mol. The molecule has 0 amide bonds. The Balaban J connectivity index is 0.000000640. The van der Waals surface area contributed by atoms with Gasteiger partial charge in [0.05, 0.1) is 22.3 Å². The van der Waals surface area contributed by atoms with Gasteiger partial charge in [0.15, 0.2) is 0 Å². The van der Waals surface area contributed by atoms with E-state index in [1.807, 2.05) is 0 Å². The molecule has 28 heavy (non-hydrogen) atoms. The number of aryl methyl sites for hydroxylation is 1. The lowest BCUT2D eigenvalue weighted by molar-refractivity contribution is -0.137. The number of fused-ring (bicyclic) bond motifs is 1. The van der Waals surface area contributed by atoms with Crippen LogP contribution in [-0.4, -0.2) is 19.3 Å².